The first-order valence-corrected chi connectivity index (χ1v) is 7.72. The minimum atomic E-state index is -0.587. The van der Waals surface area contributed by atoms with Crippen molar-refractivity contribution in [2.24, 2.45) is 4.99 Å². The average Bonchev–Trinajstić information content (AvgIpc) is 2.79. The van der Waals surface area contributed by atoms with Crippen LogP contribution in [0.1, 0.15) is 19.3 Å². The molecule has 0 aliphatic carbocycles. The van der Waals surface area contributed by atoms with Gasteiger partial charge in [0, 0.05) is 32.4 Å². The van der Waals surface area contributed by atoms with Gasteiger partial charge in [0.05, 0.1) is 11.7 Å². The summed E-state index contributed by atoms with van der Waals surface area (Å²) in [6.07, 6.45) is 2.26. The maximum atomic E-state index is 10.3. The third-order valence-electron chi connectivity index (χ3n) is 3.63. The second-order valence-electron chi connectivity index (χ2n) is 5.15. The predicted octanol–water partition coefficient (Wildman–Crippen LogP) is -0.114. The van der Waals surface area contributed by atoms with Crippen LogP contribution in [0.15, 0.2) is 4.99 Å². The summed E-state index contributed by atoms with van der Waals surface area (Å²) in [6, 6.07) is 0. The van der Waals surface area contributed by atoms with Crippen molar-refractivity contribution in [1.82, 2.24) is 10.2 Å². The molecule has 0 saturated carbocycles. The van der Waals surface area contributed by atoms with E-state index in [4.69, 9.17) is 0 Å². The summed E-state index contributed by atoms with van der Waals surface area (Å²) >= 11 is 1.80. The Morgan fingerprint density at radius 3 is 2.78 bits per heavy atom. The van der Waals surface area contributed by atoms with Crippen molar-refractivity contribution >= 4 is 17.7 Å². The van der Waals surface area contributed by atoms with E-state index in [1.54, 1.807) is 18.8 Å². The first-order chi connectivity index (χ1) is 8.63. The highest BCUT2D eigenvalue weighted by atomic mass is 32.2. The molecule has 104 valence electrons. The van der Waals surface area contributed by atoms with Gasteiger partial charge in [0.15, 0.2) is 5.96 Å². The number of nitrogens with zero attached hydrogens (tertiary/aromatic N) is 2. The van der Waals surface area contributed by atoms with Gasteiger partial charge in [0.1, 0.15) is 0 Å². The first-order valence-electron chi connectivity index (χ1n) is 6.57. The second kappa shape index (κ2) is 6.12. The Hall–Kier alpha value is -0.460. The molecule has 1 atom stereocenters. The van der Waals surface area contributed by atoms with Crippen LogP contribution in [-0.2, 0) is 0 Å². The van der Waals surface area contributed by atoms with Gasteiger partial charge in [-0.1, -0.05) is 0 Å². The monoisotopic (exact) mass is 273 g/mol. The predicted molar refractivity (Wildman–Crippen MR) is 75.1 cm³/mol. The minimum Gasteiger partial charge on any atom is -0.393 e. The normalized spacial score (nSPS) is 30.8. The summed E-state index contributed by atoms with van der Waals surface area (Å²) < 4.78 is 0. The van der Waals surface area contributed by atoms with Gasteiger partial charge in [-0.25, -0.2) is 0 Å². The minimum absolute atomic E-state index is 0.172. The van der Waals surface area contributed by atoms with Gasteiger partial charge < -0.3 is 20.4 Å². The maximum Gasteiger partial charge on any atom is 0.193 e. The molecule has 0 aromatic carbocycles. The lowest BCUT2D eigenvalue weighted by Gasteiger charge is -2.33. The van der Waals surface area contributed by atoms with Crippen molar-refractivity contribution in [3.63, 3.8) is 0 Å². The fraction of sp³-hybridized carbons (Fsp3) is 0.917. The number of nitrogens with one attached hydrogen (secondary N) is 1. The van der Waals surface area contributed by atoms with E-state index >= 15 is 0 Å². The Kier molecular flexibility index (Phi) is 4.75. The van der Waals surface area contributed by atoms with Crippen LogP contribution >= 0.6 is 11.8 Å². The van der Waals surface area contributed by atoms with Gasteiger partial charge >= 0.3 is 0 Å². The van der Waals surface area contributed by atoms with E-state index in [-0.39, 0.29) is 6.10 Å². The van der Waals surface area contributed by atoms with Crippen molar-refractivity contribution < 1.29 is 10.2 Å². The van der Waals surface area contributed by atoms with E-state index in [0.717, 1.165) is 49.8 Å². The Balaban J connectivity index is 1.82. The van der Waals surface area contributed by atoms with Crippen LogP contribution in [0, 0.1) is 0 Å². The molecule has 0 radical (unpaired) electrons. The lowest BCUT2D eigenvalue weighted by atomic mass is 10.0. The number of aliphatic hydroxyl groups is 2. The van der Waals surface area contributed by atoms with Crippen LogP contribution in [-0.4, -0.2) is 71.0 Å². The van der Waals surface area contributed by atoms with Gasteiger partial charge in [0.2, 0.25) is 0 Å². The highest BCUT2D eigenvalue weighted by Crippen LogP contribution is 2.27. The number of hydrogen-bond donors (Lipinski definition) is 3. The van der Waals surface area contributed by atoms with Crippen LogP contribution < -0.4 is 5.32 Å². The number of likely N-dealkylation sites (tertiary alicyclic amines) is 1. The highest BCUT2D eigenvalue weighted by molar-refractivity contribution is 7.99. The van der Waals surface area contributed by atoms with Crippen LogP contribution in [0.3, 0.4) is 0 Å². The summed E-state index contributed by atoms with van der Waals surface area (Å²) in [5.41, 5.74) is -0.587. The zero-order chi connectivity index (χ0) is 13.0. The molecule has 18 heavy (non-hydrogen) atoms. The molecule has 0 amide bonds. The number of aliphatic imine (C=N–C) groups is 1. The maximum absolute atomic E-state index is 10.3. The van der Waals surface area contributed by atoms with Gasteiger partial charge in [-0.3, -0.25) is 4.99 Å². The SMILES string of the molecule is CN=C(NCC1(O)CCSC1)N1CCC(O)CC1. The number of guanidine groups is 1. The number of aliphatic hydroxyl groups excluding tert-OH is 1. The van der Waals surface area contributed by atoms with Crippen molar-refractivity contribution in [3.05, 3.63) is 0 Å². The van der Waals surface area contributed by atoms with E-state index in [1.165, 1.54) is 0 Å². The van der Waals surface area contributed by atoms with Crippen LogP contribution in [0.25, 0.3) is 0 Å². The number of piperidine rings is 1. The largest absolute Gasteiger partial charge is 0.393 e. The van der Waals surface area contributed by atoms with Crippen LogP contribution in [0.4, 0.5) is 0 Å². The van der Waals surface area contributed by atoms with Crippen molar-refractivity contribution in [3.8, 4) is 0 Å². The molecule has 2 saturated heterocycles. The summed E-state index contributed by atoms with van der Waals surface area (Å²) in [5, 5.41) is 23.0. The topological polar surface area (TPSA) is 68.1 Å². The van der Waals surface area contributed by atoms with Crippen LogP contribution in [0.2, 0.25) is 0 Å². The summed E-state index contributed by atoms with van der Waals surface area (Å²) in [4.78, 5) is 6.41. The Labute approximate surface area is 113 Å². The molecule has 5 nitrogen and oxygen atoms in total. The molecule has 0 spiro atoms. The molecule has 0 aromatic heterocycles. The molecule has 0 bridgehead atoms. The van der Waals surface area contributed by atoms with Crippen molar-refractivity contribution in [1.29, 1.82) is 0 Å². The van der Waals surface area contributed by atoms with Gasteiger partial charge in [0.25, 0.3) is 0 Å². The quantitative estimate of drug-likeness (QED) is 0.484. The van der Waals surface area contributed by atoms with Crippen molar-refractivity contribution in [2.45, 2.75) is 31.0 Å². The van der Waals surface area contributed by atoms with Gasteiger partial charge in [-0.05, 0) is 25.0 Å². The van der Waals surface area contributed by atoms with E-state index in [0.29, 0.717) is 6.54 Å². The highest BCUT2D eigenvalue weighted by Gasteiger charge is 2.32. The molecule has 2 aliphatic heterocycles. The molecule has 0 aromatic rings. The lowest BCUT2D eigenvalue weighted by molar-refractivity contribution is 0.0701. The van der Waals surface area contributed by atoms with E-state index in [1.807, 2.05) is 0 Å². The fourth-order valence-corrected chi connectivity index (χ4v) is 3.68. The Bertz CT molecular complexity index is 298. The van der Waals surface area contributed by atoms with Crippen molar-refractivity contribution in [2.75, 3.05) is 38.2 Å². The number of hydrogen-bond acceptors (Lipinski definition) is 4. The Morgan fingerprint density at radius 1 is 1.50 bits per heavy atom. The summed E-state index contributed by atoms with van der Waals surface area (Å²) in [7, 11) is 1.76. The smallest absolute Gasteiger partial charge is 0.193 e. The second-order valence-corrected chi connectivity index (χ2v) is 6.25. The zero-order valence-corrected chi connectivity index (χ0v) is 11.7. The third-order valence-corrected chi connectivity index (χ3v) is 4.87. The van der Waals surface area contributed by atoms with E-state index in [2.05, 4.69) is 15.2 Å². The molecule has 2 heterocycles. The van der Waals surface area contributed by atoms with E-state index < -0.39 is 5.60 Å². The molecular weight excluding hydrogens is 250 g/mol. The van der Waals surface area contributed by atoms with Crippen LogP contribution in [0.5, 0.6) is 0 Å². The first kappa shape index (κ1) is 14.0. The third kappa shape index (κ3) is 3.52. The lowest BCUT2D eigenvalue weighted by Crippen LogP contribution is -2.51. The van der Waals surface area contributed by atoms with Gasteiger partial charge in [-0.15, -0.1) is 0 Å². The number of rotatable bonds is 2. The standard InChI is InChI=1S/C12H23N3O2S/c1-13-11(15-5-2-10(16)3-6-15)14-8-12(17)4-7-18-9-12/h10,16-17H,2-9H2,1H3,(H,13,14). The number of thioether (sulfide) groups is 1. The van der Waals surface area contributed by atoms with E-state index in [9.17, 15) is 10.2 Å². The molecule has 3 N–H and O–H groups in total. The van der Waals surface area contributed by atoms with Gasteiger partial charge in [-0.2, -0.15) is 11.8 Å². The molecule has 2 aliphatic rings. The summed E-state index contributed by atoms with van der Waals surface area (Å²) in [6.45, 7) is 2.22. The molecule has 1 unspecified atom stereocenters. The zero-order valence-electron chi connectivity index (χ0n) is 10.9. The molecule has 6 heteroatoms. The molecule has 2 fully saturated rings. The average molecular weight is 273 g/mol. The molecule has 2 rings (SSSR count). The summed E-state index contributed by atoms with van der Waals surface area (Å²) in [5.74, 6) is 2.68. The molecular formula is C12H23N3O2S. The Morgan fingerprint density at radius 2 is 2.22 bits per heavy atom. The fourth-order valence-electron chi connectivity index (χ4n) is 2.39.